The van der Waals surface area contributed by atoms with Gasteiger partial charge in [0.1, 0.15) is 0 Å². The zero-order valence-corrected chi connectivity index (χ0v) is 12.8. The molecule has 0 unspecified atom stereocenters. The van der Waals surface area contributed by atoms with Gasteiger partial charge in [0.15, 0.2) is 5.69 Å². The molecular weight excluding hydrogens is 310 g/mol. The first kappa shape index (κ1) is 16.0. The summed E-state index contributed by atoms with van der Waals surface area (Å²) in [6.07, 6.45) is 0. The van der Waals surface area contributed by atoms with Crippen molar-refractivity contribution in [2.45, 2.75) is 13.8 Å². The first-order valence-corrected chi connectivity index (χ1v) is 7.02. The lowest BCUT2D eigenvalue weighted by molar-refractivity contribution is 0.0469. The number of halogens is 1. The van der Waals surface area contributed by atoms with Crippen LogP contribution in [-0.4, -0.2) is 40.1 Å². The van der Waals surface area contributed by atoms with E-state index in [0.29, 0.717) is 10.7 Å². The lowest BCUT2D eigenvalue weighted by Crippen LogP contribution is -2.17. The summed E-state index contributed by atoms with van der Waals surface area (Å²) in [5, 5.41) is 8.12. The molecule has 0 aliphatic rings. The molecule has 0 fully saturated rings. The highest BCUT2D eigenvalue weighted by Crippen LogP contribution is 2.17. The van der Waals surface area contributed by atoms with Gasteiger partial charge in [-0.3, -0.25) is 0 Å². The summed E-state index contributed by atoms with van der Waals surface area (Å²) in [6, 6.07) is 6.57. The maximum Gasteiger partial charge on any atom is 0.361 e. The van der Waals surface area contributed by atoms with E-state index in [9.17, 15) is 9.59 Å². The average Bonchev–Trinajstić information content (AvgIpc) is 2.93. The van der Waals surface area contributed by atoms with Crippen LogP contribution in [0.3, 0.4) is 0 Å². The number of aromatic nitrogens is 3. The average molecular weight is 324 g/mol. The molecule has 1 heterocycles. The van der Waals surface area contributed by atoms with Crippen LogP contribution in [0.4, 0.5) is 0 Å². The Morgan fingerprint density at radius 1 is 1.09 bits per heavy atom. The van der Waals surface area contributed by atoms with Gasteiger partial charge in [-0.25, -0.2) is 14.3 Å². The molecule has 0 spiro atoms. The number of rotatable bonds is 5. The van der Waals surface area contributed by atoms with E-state index in [4.69, 9.17) is 21.1 Å². The predicted molar refractivity (Wildman–Crippen MR) is 78.3 cm³/mol. The second-order valence-electron chi connectivity index (χ2n) is 4.12. The molecule has 0 amide bonds. The van der Waals surface area contributed by atoms with Crippen molar-refractivity contribution in [3.05, 3.63) is 40.7 Å². The molecule has 22 heavy (non-hydrogen) atoms. The maximum atomic E-state index is 12.1. The zero-order valence-electron chi connectivity index (χ0n) is 12.1. The minimum absolute atomic E-state index is 0.0809. The molecule has 0 saturated heterocycles. The Bertz CT molecular complexity index is 682. The van der Waals surface area contributed by atoms with Crippen molar-refractivity contribution in [2.24, 2.45) is 0 Å². The van der Waals surface area contributed by atoms with Crippen molar-refractivity contribution in [1.82, 2.24) is 15.0 Å². The second kappa shape index (κ2) is 7.04. The third-order valence-electron chi connectivity index (χ3n) is 2.68. The number of benzene rings is 1. The van der Waals surface area contributed by atoms with E-state index < -0.39 is 11.9 Å². The van der Waals surface area contributed by atoms with Crippen LogP contribution in [0, 0.1) is 0 Å². The van der Waals surface area contributed by atoms with Gasteiger partial charge in [-0.05, 0) is 38.1 Å². The van der Waals surface area contributed by atoms with E-state index in [1.165, 1.54) is 4.68 Å². The molecular formula is C14H14ClN3O4. The summed E-state index contributed by atoms with van der Waals surface area (Å²) in [6.45, 7) is 3.64. The van der Waals surface area contributed by atoms with Crippen LogP contribution in [0.1, 0.15) is 34.8 Å². The number of ether oxygens (including phenoxy) is 2. The van der Waals surface area contributed by atoms with E-state index in [1.807, 2.05) is 0 Å². The van der Waals surface area contributed by atoms with Crippen molar-refractivity contribution >= 4 is 23.5 Å². The Balaban J connectivity index is 2.52. The summed E-state index contributed by atoms with van der Waals surface area (Å²) in [5.41, 5.74) is 0.258. The molecule has 0 aliphatic carbocycles. The lowest BCUT2D eigenvalue weighted by atomic mass is 10.2. The highest BCUT2D eigenvalue weighted by molar-refractivity contribution is 6.30. The molecule has 0 aliphatic heterocycles. The van der Waals surface area contributed by atoms with Gasteiger partial charge < -0.3 is 9.47 Å². The summed E-state index contributed by atoms with van der Waals surface area (Å²) >= 11 is 5.84. The zero-order chi connectivity index (χ0) is 16.1. The fourth-order valence-electron chi connectivity index (χ4n) is 1.76. The standard InChI is InChI=1S/C14H14ClN3O4/c1-3-21-13(19)11-12(14(20)22-4-2)18(17-16-11)10-7-5-9(15)6-8-10/h5-8H,3-4H2,1-2H3. The Morgan fingerprint density at radius 3 is 2.27 bits per heavy atom. The van der Waals surface area contributed by atoms with Gasteiger partial charge in [0, 0.05) is 5.02 Å². The minimum atomic E-state index is -0.731. The predicted octanol–water partition coefficient (Wildman–Crippen LogP) is 2.27. The Hall–Kier alpha value is -2.41. The maximum absolute atomic E-state index is 12.1. The molecule has 8 heteroatoms. The number of hydrogen-bond donors (Lipinski definition) is 0. The second-order valence-corrected chi connectivity index (χ2v) is 4.55. The molecule has 0 radical (unpaired) electrons. The van der Waals surface area contributed by atoms with Crippen LogP contribution >= 0.6 is 11.6 Å². The van der Waals surface area contributed by atoms with Gasteiger partial charge in [0.25, 0.3) is 0 Å². The van der Waals surface area contributed by atoms with Crippen LogP contribution in [0.25, 0.3) is 5.69 Å². The van der Waals surface area contributed by atoms with Crippen LogP contribution in [0.5, 0.6) is 0 Å². The molecule has 0 bridgehead atoms. The molecule has 116 valence electrons. The largest absolute Gasteiger partial charge is 0.461 e. The van der Waals surface area contributed by atoms with Crippen molar-refractivity contribution in [3.8, 4) is 5.69 Å². The van der Waals surface area contributed by atoms with Crippen LogP contribution in [0.15, 0.2) is 24.3 Å². The summed E-state index contributed by atoms with van der Waals surface area (Å²) in [5.74, 6) is -1.43. The van der Waals surface area contributed by atoms with Gasteiger partial charge in [-0.1, -0.05) is 16.8 Å². The Morgan fingerprint density at radius 2 is 1.68 bits per heavy atom. The van der Waals surface area contributed by atoms with E-state index >= 15 is 0 Å². The third-order valence-corrected chi connectivity index (χ3v) is 2.93. The summed E-state index contributed by atoms with van der Waals surface area (Å²) < 4.78 is 11.1. The SMILES string of the molecule is CCOC(=O)c1nnn(-c2ccc(Cl)cc2)c1C(=O)OCC. The van der Waals surface area contributed by atoms with E-state index in [2.05, 4.69) is 10.3 Å². The molecule has 2 aromatic rings. The number of nitrogens with zero attached hydrogens (tertiary/aromatic N) is 3. The van der Waals surface area contributed by atoms with Crippen molar-refractivity contribution in [3.63, 3.8) is 0 Å². The highest BCUT2D eigenvalue weighted by Gasteiger charge is 2.28. The molecule has 1 aromatic heterocycles. The van der Waals surface area contributed by atoms with E-state index in [-0.39, 0.29) is 24.6 Å². The van der Waals surface area contributed by atoms with Gasteiger partial charge in [0.2, 0.25) is 5.69 Å². The van der Waals surface area contributed by atoms with Gasteiger partial charge >= 0.3 is 11.9 Å². The number of carbonyl (C=O) groups excluding carboxylic acids is 2. The third kappa shape index (κ3) is 3.25. The fourth-order valence-corrected chi connectivity index (χ4v) is 1.89. The fraction of sp³-hybridized carbons (Fsp3) is 0.286. The number of esters is 2. The lowest BCUT2D eigenvalue weighted by Gasteiger charge is -2.07. The van der Waals surface area contributed by atoms with E-state index in [1.54, 1.807) is 38.1 Å². The topological polar surface area (TPSA) is 83.3 Å². The monoisotopic (exact) mass is 323 g/mol. The van der Waals surface area contributed by atoms with Crippen molar-refractivity contribution in [1.29, 1.82) is 0 Å². The quantitative estimate of drug-likeness (QED) is 0.785. The highest BCUT2D eigenvalue weighted by atomic mass is 35.5. The van der Waals surface area contributed by atoms with Crippen LogP contribution in [-0.2, 0) is 9.47 Å². The first-order chi connectivity index (χ1) is 10.6. The molecule has 0 saturated carbocycles. The van der Waals surface area contributed by atoms with Gasteiger partial charge in [-0.15, -0.1) is 5.10 Å². The summed E-state index contributed by atoms with van der Waals surface area (Å²) in [4.78, 5) is 24.0. The van der Waals surface area contributed by atoms with Gasteiger partial charge in [-0.2, -0.15) is 0 Å². The molecule has 0 atom stereocenters. The van der Waals surface area contributed by atoms with Gasteiger partial charge in [0.05, 0.1) is 18.9 Å². The molecule has 2 rings (SSSR count). The molecule has 0 N–H and O–H groups in total. The molecule has 1 aromatic carbocycles. The van der Waals surface area contributed by atoms with Crippen molar-refractivity contribution in [2.75, 3.05) is 13.2 Å². The number of hydrogen-bond acceptors (Lipinski definition) is 6. The molecule has 7 nitrogen and oxygen atoms in total. The Labute approximate surface area is 131 Å². The number of carbonyl (C=O) groups is 2. The Kier molecular flexibility index (Phi) is 5.11. The smallest absolute Gasteiger partial charge is 0.361 e. The van der Waals surface area contributed by atoms with Crippen LogP contribution in [0.2, 0.25) is 5.02 Å². The minimum Gasteiger partial charge on any atom is -0.461 e. The van der Waals surface area contributed by atoms with Crippen molar-refractivity contribution < 1.29 is 19.1 Å². The first-order valence-electron chi connectivity index (χ1n) is 6.64. The van der Waals surface area contributed by atoms with Crippen LogP contribution < -0.4 is 0 Å². The van der Waals surface area contributed by atoms with E-state index in [0.717, 1.165) is 0 Å². The normalized spacial score (nSPS) is 10.3. The summed E-state index contributed by atoms with van der Waals surface area (Å²) in [7, 11) is 0.